The van der Waals surface area contributed by atoms with Crippen molar-refractivity contribution in [1.82, 2.24) is 4.90 Å². The topological polar surface area (TPSA) is 29.3 Å². The number of nitrogens with two attached hydrogens (primary N) is 1. The Morgan fingerprint density at radius 1 is 1.29 bits per heavy atom. The molecule has 1 saturated heterocycles. The molecule has 14 heavy (non-hydrogen) atoms. The van der Waals surface area contributed by atoms with Gasteiger partial charge in [-0.25, -0.2) is 0 Å². The van der Waals surface area contributed by atoms with E-state index >= 15 is 0 Å². The molecule has 2 nitrogen and oxygen atoms in total. The van der Waals surface area contributed by atoms with Gasteiger partial charge in [0.15, 0.2) is 0 Å². The van der Waals surface area contributed by atoms with Gasteiger partial charge in [0.2, 0.25) is 0 Å². The summed E-state index contributed by atoms with van der Waals surface area (Å²) < 4.78 is 0. The van der Waals surface area contributed by atoms with Crippen molar-refractivity contribution in [3.8, 4) is 0 Å². The van der Waals surface area contributed by atoms with Crippen LogP contribution in [0.5, 0.6) is 0 Å². The van der Waals surface area contributed by atoms with Gasteiger partial charge < -0.3 is 10.6 Å². The summed E-state index contributed by atoms with van der Waals surface area (Å²) in [4.78, 5) is 2.37. The first-order valence-corrected chi connectivity index (χ1v) is 5.25. The molecular formula is C12H18N2. The second kappa shape index (κ2) is 4.11. The van der Waals surface area contributed by atoms with Crippen molar-refractivity contribution in [3.05, 3.63) is 35.9 Å². The molecule has 0 radical (unpaired) electrons. The van der Waals surface area contributed by atoms with Gasteiger partial charge in [-0.15, -0.1) is 0 Å². The fourth-order valence-electron chi connectivity index (χ4n) is 2.40. The summed E-state index contributed by atoms with van der Waals surface area (Å²) >= 11 is 0. The fourth-order valence-corrected chi connectivity index (χ4v) is 2.40. The lowest BCUT2D eigenvalue weighted by Crippen LogP contribution is -2.21. The molecule has 0 bridgehead atoms. The Kier molecular flexibility index (Phi) is 2.85. The van der Waals surface area contributed by atoms with E-state index in [0.29, 0.717) is 11.8 Å². The molecule has 1 fully saturated rings. The van der Waals surface area contributed by atoms with E-state index in [1.54, 1.807) is 0 Å². The molecule has 0 aliphatic carbocycles. The number of hydrogen-bond donors (Lipinski definition) is 1. The first-order chi connectivity index (χ1) is 6.81. The number of rotatable bonds is 2. The van der Waals surface area contributed by atoms with E-state index in [9.17, 15) is 0 Å². The van der Waals surface area contributed by atoms with E-state index in [2.05, 4.69) is 42.3 Å². The summed E-state index contributed by atoms with van der Waals surface area (Å²) in [7, 11) is 2.17. The van der Waals surface area contributed by atoms with Crippen LogP contribution in [-0.2, 0) is 0 Å². The minimum atomic E-state index is 0.627. The molecule has 1 aromatic rings. The quantitative estimate of drug-likeness (QED) is 0.761. The van der Waals surface area contributed by atoms with Crippen molar-refractivity contribution >= 4 is 0 Å². The van der Waals surface area contributed by atoms with Crippen LogP contribution < -0.4 is 5.73 Å². The van der Waals surface area contributed by atoms with Crippen LogP contribution in [0.15, 0.2) is 30.3 Å². The zero-order chi connectivity index (χ0) is 9.97. The Morgan fingerprint density at radius 3 is 2.64 bits per heavy atom. The van der Waals surface area contributed by atoms with Gasteiger partial charge in [-0.2, -0.15) is 0 Å². The summed E-state index contributed by atoms with van der Waals surface area (Å²) in [6.07, 6.45) is 0. The molecule has 1 aromatic carbocycles. The average Bonchev–Trinajstić information content (AvgIpc) is 2.61. The molecule has 0 saturated carbocycles. The molecule has 0 spiro atoms. The van der Waals surface area contributed by atoms with E-state index < -0.39 is 0 Å². The molecule has 0 unspecified atom stereocenters. The van der Waals surface area contributed by atoms with Gasteiger partial charge in [0.05, 0.1) is 0 Å². The summed E-state index contributed by atoms with van der Waals surface area (Å²) in [6.45, 7) is 3.08. The maximum absolute atomic E-state index is 5.80. The molecule has 2 N–H and O–H groups in total. The molecule has 2 atom stereocenters. The van der Waals surface area contributed by atoms with E-state index in [1.807, 2.05) is 0 Å². The third kappa shape index (κ3) is 1.81. The van der Waals surface area contributed by atoms with Crippen LogP contribution in [0.4, 0.5) is 0 Å². The van der Waals surface area contributed by atoms with E-state index in [4.69, 9.17) is 5.73 Å². The van der Waals surface area contributed by atoms with Crippen molar-refractivity contribution in [2.45, 2.75) is 5.92 Å². The lowest BCUT2D eigenvalue weighted by Gasteiger charge is -2.16. The SMILES string of the molecule is CN1C[C@@H](CN)[C@H](c2ccccc2)C1. The van der Waals surface area contributed by atoms with E-state index in [-0.39, 0.29) is 0 Å². The van der Waals surface area contributed by atoms with Crippen molar-refractivity contribution in [1.29, 1.82) is 0 Å². The van der Waals surface area contributed by atoms with Gasteiger partial charge in [-0.1, -0.05) is 30.3 Å². The van der Waals surface area contributed by atoms with Crippen LogP contribution >= 0.6 is 0 Å². The van der Waals surface area contributed by atoms with Gasteiger partial charge in [0.1, 0.15) is 0 Å². The van der Waals surface area contributed by atoms with Gasteiger partial charge in [-0.05, 0) is 25.1 Å². The van der Waals surface area contributed by atoms with Crippen LogP contribution in [0.2, 0.25) is 0 Å². The standard InChI is InChI=1S/C12H18N2/c1-14-8-11(7-13)12(9-14)10-5-3-2-4-6-10/h2-6,11-12H,7-9,13H2,1H3/t11-,12+/m1/s1. The predicted molar refractivity (Wildman–Crippen MR) is 59.2 cm³/mol. The highest BCUT2D eigenvalue weighted by Crippen LogP contribution is 2.30. The van der Waals surface area contributed by atoms with Crippen LogP contribution in [-0.4, -0.2) is 31.6 Å². The third-order valence-corrected chi connectivity index (χ3v) is 3.15. The highest BCUT2D eigenvalue weighted by Gasteiger charge is 2.30. The molecule has 1 heterocycles. The molecule has 76 valence electrons. The predicted octanol–water partition coefficient (Wildman–Crippen LogP) is 1.29. The minimum absolute atomic E-state index is 0.627. The maximum Gasteiger partial charge on any atom is 0.00510 e. The lowest BCUT2D eigenvalue weighted by atomic mass is 9.89. The normalized spacial score (nSPS) is 28.1. The number of hydrogen-bond acceptors (Lipinski definition) is 2. The second-order valence-corrected chi connectivity index (χ2v) is 4.23. The number of nitrogens with zero attached hydrogens (tertiary/aromatic N) is 1. The molecule has 0 amide bonds. The third-order valence-electron chi connectivity index (χ3n) is 3.15. The summed E-state index contributed by atoms with van der Waals surface area (Å²) in [5.74, 6) is 1.26. The molecule has 1 aliphatic heterocycles. The molecule has 0 aromatic heterocycles. The van der Waals surface area contributed by atoms with Gasteiger partial charge in [-0.3, -0.25) is 0 Å². The van der Waals surface area contributed by atoms with Gasteiger partial charge in [0.25, 0.3) is 0 Å². The second-order valence-electron chi connectivity index (χ2n) is 4.23. The first-order valence-electron chi connectivity index (χ1n) is 5.25. The maximum atomic E-state index is 5.80. The largest absolute Gasteiger partial charge is 0.330 e. The minimum Gasteiger partial charge on any atom is -0.330 e. The van der Waals surface area contributed by atoms with Gasteiger partial charge in [0, 0.05) is 19.0 Å². The van der Waals surface area contributed by atoms with Crippen molar-refractivity contribution < 1.29 is 0 Å². The van der Waals surface area contributed by atoms with E-state index in [0.717, 1.165) is 19.6 Å². The molecule has 1 aliphatic rings. The van der Waals surface area contributed by atoms with Crippen LogP contribution in [0.1, 0.15) is 11.5 Å². The monoisotopic (exact) mass is 190 g/mol. The zero-order valence-corrected chi connectivity index (χ0v) is 8.69. The Hall–Kier alpha value is -0.860. The van der Waals surface area contributed by atoms with Crippen molar-refractivity contribution in [3.63, 3.8) is 0 Å². The van der Waals surface area contributed by atoms with E-state index in [1.165, 1.54) is 5.56 Å². The Bertz CT molecular complexity index is 284. The smallest absolute Gasteiger partial charge is 0.00510 e. The number of likely N-dealkylation sites (tertiary alicyclic amines) is 1. The average molecular weight is 190 g/mol. The number of benzene rings is 1. The van der Waals surface area contributed by atoms with Crippen molar-refractivity contribution in [2.24, 2.45) is 11.7 Å². The molecule has 2 heteroatoms. The Balaban J connectivity index is 2.18. The lowest BCUT2D eigenvalue weighted by molar-refractivity contribution is 0.397. The highest BCUT2D eigenvalue weighted by molar-refractivity contribution is 5.22. The highest BCUT2D eigenvalue weighted by atomic mass is 15.1. The van der Waals surface area contributed by atoms with Crippen molar-refractivity contribution in [2.75, 3.05) is 26.7 Å². The van der Waals surface area contributed by atoms with Crippen LogP contribution in [0.3, 0.4) is 0 Å². The Morgan fingerprint density at radius 2 is 2.00 bits per heavy atom. The number of likely N-dealkylation sites (N-methyl/N-ethyl adjacent to an activating group) is 1. The molecular weight excluding hydrogens is 172 g/mol. The summed E-state index contributed by atoms with van der Waals surface area (Å²) in [5, 5.41) is 0. The summed E-state index contributed by atoms with van der Waals surface area (Å²) in [6, 6.07) is 10.7. The first kappa shape index (κ1) is 9.69. The molecule has 2 rings (SSSR count). The van der Waals surface area contributed by atoms with Gasteiger partial charge >= 0.3 is 0 Å². The van der Waals surface area contributed by atoms with Crippen LogP contribution in [0.25, 0.3) is 0 Å². The zero-order valence-electron chi connectivity index (χ0n) is 8.69. The fraction of sp³-hybridized carbons (Fsp3) is 0.500. The Labute approximate surface area is 85.7 Å². The van der Waals surface area contributed by atoms with Crippen LogP contribution in [0, 0.1) is 5.92 Å². The summed E-state index contributed by atoms with van der Waals surface area (Å²) in [5.41, 5.74) is 7.23.